The molecule has 1 fully saturated rings. The van der Waals surface area contributed by atoms with E-state index in [1.807, 2.05) is 29.3 Å². The van der Waals surface area contributed by atoms with Crippen LogP contribution in [0.2, 0.25) is 0 Å². The third kappa shape index (κ3) is 3.15. The molecule has 1 saturated heterocycles. The van der Waals surface area contributed by atoms with Crippen molar-refractivity contribution in [2.24, 2.45) is 5.92 Å². The van der Waals surface area contributed by atoms with Gasteiger partial charge in [-0.15, -0.1) is 0 Å². The average molecular weight is 283 g/mol. The van der Waals surface area contributed by atoms with Gasteiger partial charge < -0.3 is 10.2 Å². The topological polar surface area (TPSA) is 45.2 Å². The monoisotopic (exact) mass is 283 g/mol. The number of carbonyl (C=O) groups is 1. The lowest BCUT2D eigenvalue weighted by atomic mass is 9.98. The van der Waals surface area contributed by atoms with Crippen LogP contribution < -0.4 is 5.32 Å². The van der Waals surface area contributed by atoms with Crippen LogP contribution in [0.4, 0.5) is 5.82 Å². The molecular formula is C17H21N3O. The van der Waals surface area contributed by atoms with Crippen LogP contribution in [0.25, 0.3) is 10.8 Å². The highest BCUT2D eigenvalue weighted by Gasteiger charge is 2.21. The Morgan fingerprint density at radius 2 is 2.24 bits per heavy atom. The van der Waals surface area contributed by atoms with E-state index in [9.17, 15) is 4.79 Å². The summed E-state index contributed by atoms with van der Waals surface area (Å²) in [7, 11) is 0. The van der Waals surface area contributed by atoms with Crippen molar-refractivity contribution in [2.75, 3.05) is 25.0 Å². The van der Waals surface area contributed by atoms with E-state index >= 15 is 0 Å². The lowest BCUT2D eigenvalue weighted by Gasteiger charge is -2.32. The van der Waals surface area contributed by atoms with Gasteiger partial charge in [0, 0.05) is 38.1 Å². The normalized spacial score (nSPS) is 18.7. The second kappa shape index (κ2) is 6.12. The largest absolute Gasteiger partial charge is 0.369 e. The Morgan fingerprint density at radius 3 is 3.10 bits per heavy atom. The van der Waals surface area contributed by atoms with E-state index in [0.717, 1.165) is 37.3 Å². The molecule has 0 aliphatic carbocycles. The van der Waals surface area contributed by atoms with E-state index in [4.69, 9.17) is 0 Å². The van der Waals surface area contributed by atoms with E-state index in [1.165, 1.54) is 11.8 Å². The predicted molar refractivity (Wildman–Crippen MR) is 85.2 cm³/mol. The number of amides is 1. The Balaban J connectivity index is 1.68. The Hall–Kier alpha value is -2.10. The molecule has 0 bridgehead atoms. The van der Waals surface area contributed by atoms with Crippen LogP contribution in [-0.2, 0) is 4.79 Å². The number of rotatable bonds is 3. The fourth-order valence-electron chi connectivity index (χ4n) is 3.02. The fourth-order valence-corrected chi connectivity index (χ4v) is 3.02. The minimum absolute atomic E-state index is 0.183. The second-order valence-corrected chi connectivity index (χ2v) is 5.73. The Kier molecular flexibility index (Phi) is 4.04. The van der Waals surface area contributed by atoms with E-state index in [0.29, 0.717) is 5.92 Å². The summed E-state index contributed by atoms with van der Waals surface area (Å²) in [5.74, 6) is 1.62. The SMILES string of the molecule is CC(=O)N1CCCC(CNc2nccc3ccccc23)C1. The van der Waals surface area contributed by atoms with Gasteiger partial charge in [0.25, 0.3) is 0 Å². The average Bonchev–Trinajstić information content (AvgIpc) is 2.53. The summed E-state index contributed by atoms with van der Waals surface area (Å²) < 4.78 is 0. The molecule has 0 radical (unpaired) electrons. The number of piperidine rings is 1. The molecule has 1 aromatic heterocycles. The molecule has 1 aromatic carbocycles. The molecule has 3 rings (SSSR count). The van der Waals surface area contributed by atoms with Crippen LogP contribution in [0.1, 0.15) is 19.8 Å². The maximum absolute atomic E-state index is 11.5. The molecule has 0 saturated carbocycles. The first-order valence-electron chi connectivity index (χ1n) is 7.57. The van der Waals surface area contributed by atoms with Crippen molar-refractivity contribution in [3.05, 3.63) is 36.5 Å². The van der Waals surface area contributed by atoms with Crippen molar-refractivity contribution in [2.45, 2.75) is 19.8 Å². The quantitative estimate of drug-likeness (QED) is 0.942. The smallest absolute Gasteiger partial charge is 0.219 e. The zero-order valence-electron chi connectivity index (χ0n) is 12.4. The number of aromatic nitrogens is 1. The number of likely N-dealkylation sites (tertiary alicyclic amines) is 1. The van der Waals surface area contributed by atoms with Crippen LogP contribution in [-0.4, -0.2) is 35.4 Å². The van der Waals surface area contributed by atoms with Crippen molar-refractivity contribution in [3.8, 4) is 0 Å². The number of carbonyl (C=O) groups excluding carboxylic acids is 1. The number of hydrogen-bond acceptors (Lipinski definition) is 3. The summed E-state index contributed by atoms with van der Waals surface area (Å²) in [6.07, 6.45) is 4.10. The molecular weight excluding hydrogens is 262 g/mol. The minimum atomic E-state index is 0.183. The van der Waals surface area contributed by atoms with Gasteiger partial charge in [0.15, 0.2) is 0 Å². The van der Waals surface area contributed by atoms with Gasteiger partial charge in [-0.3, -0.25) is 4.79 Å². The Labute approximate surface area is 125 Å². The van der Waals surface area contributed by atoms with Crippen molar-refractivity contribution in [1.82, 2.24) is 9.88 Å². The molecule has 1 aliphatic rings. The van der Waals surface area contributed by atoms with Gasteiger partial charge in [0.05, 0.1) is 0 Å². The zero-order valence-corrected chi connectivity index (χ0v) is 12.4. The van der Waals surface area contributed by atoms with Crippen molar-refractivity contribution in [1.29, 1.82) is 0 Å². The van der Waals surface area contributed by atoms with Crippen molar-refractivity contribution in [3.63, 3.8) is 0 Å². The second-order valence-electron chi connectivity index (χ2n) is 5.73. The molecule has 21 heavy (non-hydrogen) atoms. The zero-order chi connectivity index (χ0) is 14.7. The maximum Gasteiger partial charge on any atom is 0.219 e. The number of nitrogens with one attached hydrogen (secondary N) is 1. The van der Waals surface area contributed by atoms with Crippen LogP contribution in [0.15, 0.2) is 36.5 Å². The number of benzene rings is 1. The predicted octanol–water partition coefficient (Wildman–Crippen LogP) is 2.91. The highest BCUT2D eigenvalue weighted by molar-refractivity contribution is 5.91. The van der Waals surface area contributed by atoms with Crippen molar-refractivity contribution < 1.29 is 4.79 Å². The molecule has 1 atom stereocenters. The summed E-state index contributed by atoms with van der Waals surface area (Å²) in [4.78, 5) is 17.9. The lowest BCUT2D eigenvalue weighted by molar-refractivity contribution is -0.130. The number of hydrogen-bond donors (Lipinski definition) is 1. The molecule has 2 aromatic rings. The molecule has 1 unspecified atom stereocenters. The first-order chi connectivity index (χ1) is 10.2. The highest BCUT2D eigenvalue weighted by Crippen LogP contribution is 2.22. The Morgan fingerprint density at radius 1 is 1.38 bits per heavy atom. The third-order valence-electron chi connectivity index (χ3n) is 4.20. The van der Waals surface area contributed by atoms with Gasteiger partial charge in [0.2, 0.25) is 5.91 Å². The summed E-state index contributed by atoms with van der Waals surface area (Å²) >= 11 is 0. The van der Waals surface area contributed by atoms with Gasteiger partial charge >= 0.3 is 0 Å². The summed E-state index contributed by atoms with van der Waals surface area (Å²) in [5.41, 5.74) is 0. The summed E-state index contributed by atoms with van der Waals surface area (Å²) in [5, 5.41) is 5.82. The van der Waals surface area contributed by atoms with Gasteiger partial charge in [-0.05, 0) is 30.2 Å². The number of anilines is 1. The molecule has 1 aliphatic heterocycles. The van der Waals surface area contributed by atoms with E-state index in [2.05, 4.69) is 22.4 Å². The number of pyridine rings is 1. The standard InChI is InChI=1S/C17H21N3O/c1-13(21)20-10-4-5-14(12-20)11-19-17-16-7-3-2-6-15(16)8-9-18-17/h2-3,6-9,14H,4-5,10-12H2,1H3,(H,18,19). The summed E-state index contributed by atoms with van der Waals surface area (Å²) in [6.45, 7) is 4.28. The molecule has 4 nitrogen and oxygen atoms in total. The number of fused-ring (bicyclic) bond motifs is 1. The maximum atomic E-state index is 11.5. The van der Waals surface area contributed by atoms with Crippen LogP contribution in [0, 0.1) is 5.92 Å². The first-order valence-corrected chi connectivity index (χ1v) is 7.57. The molecule has 2 heterocycles. The van der Waals surface area contributed by atoms with Gasteiger partial charge in [-0.25, -0.2) is 4.98 Å². The fraction of sp³-hybridized carbons (Fsp3) is 0.412. The number of nitrogens with zero attached hydrogens (tertiary/aromatic N) is 2. The van der Waals surface area contributed by atoms with Crippen LogP contribution in [0.5, 0.6) is 0 Å². The van der Waals surface area contributed by atoms with E-state index in [1.54, 1.807) is 6.92 Å². The highest BCUT2D eigenvalue weighted by atomic mass is 16.2. The van der Waals surface area contributed by atoms with Gasteiger partial charge in [-0.1, -0.05) is 24.3 Å². The summed E-state index contributed by atoms with van der Waals surface area (Å²) in [6, 6.07) is 10.3. The molecule has 4 heteroatoms. The molecule has 110 valence electrons. The van der Waals surface area contributed by atoms with E-state index < -0.39 is 0 Å². The van der Waals surface area contributed by atoms with Crippen molar-refractivity contribution >= 4 is 22.5 Å². The molecule has 0 spiro atoms. The minimum Gasteiger partial charge on any atom is -0.369 e. The Bertz CT molecular complexity index is 635. The van der Waals surface area contributed by atoms with Crippen LogP contribution in [0.3, 0.4) is 0 Å². The van der Waals surface area contributed by atoms with Crippen LogP contribution >= 0.6 is 0 Å². The van der Waals surface area contributed by atoms with Gasteiger partial charge in [-0.2, -0.15) is 0 Å². The third-order valence-corrected chi connectivity index (χ3v) is 4.20. The molecule has 1 amide bonds. The van der Waals surface area contributed by atoms with E-state index in [-0.39, 0.29) is 5.91 Å². The lowest BCUT2D eigenvalue weighted by Crippen LogP contribution is -2.40. The van der Waals surface area contributed by atoms with Gasteiger partial charge in [0.1, 0.15) is 5.82 Å². The first kappa shape index (κ1) is 13.9. The molecule has 1 N–H and O–H groups in total.